The molecule has 1 saturated heterocycles. The van der Waals surface area contributed by atoms with Gasteiger partial charge in [0.25, 0.3) is 5.91 Å². The summed E-state index contributed by atoms with van der Waals surface area (Å²) < 4.78 is 5.25. The van der Waals surface area contributed by atoms with Gasteiger partial charge in [0.1, 0.15) is 16.8 Å². The van der Waals surface area contributed by atoms with E-state index in [1.165, 1.54) is 76.0 Å². The van der Waals surface area contributed by atoms with Crippen molar-refractivity contribution >= 4 is 40.4 Å². The Morgan fingerprint density at radius 3 is 2.26 bits per heavy atom. The van der Waals surface area contributed by atoms with Gasteiger partial charge in [0.2, 0.25) is 5.91 Å². The maximum Gasteiger partial charge on any atom is 0.340 e. The van der Waals surface area contributed by atoms with Gasteiger partial charge in [0.15, 0.2) is 0 Å². The van der Waals surface area contributed by atoms with Crippen LogP contribution in [0.3, 0.4) is 0 Å². The summed E-state index contributed by atoms with van der Waals surface area (Å²) in [6, 6.07) is 11.0. The Hall–Kier alpha value is -3.37. The fraction of sp³-hybridized carbons (Fsp3) is 0.568. The van der Waals surface area contributed by atoms with Gasteiger partial charge in [-0.2, -0.15) is 0 Å². The minimum absolute atomic E-state index is 0.0514. The van der Waals surface area contributed by atoms with Crippen LogP contribution < -0.4 is 5.32 Å². The number of aromatic amines is 1. The normalized spacial score (nSPS) is 19.2. The molecule has 3 fully saturated rings. The van der Waals surface area contributed by atoms with E-state index >= 15 is 0 Å². The number of carbonyl (C=O) groups is 3. The molecular weight excluding hydrogens is 611 g/mol. The second-order valence-corrected chi connectivity index (χ2v) is 14.4. The molecule has 47 heavy (non-hydrogen) atoms. The lowest BCUT2D eigenvalue weighted by molar-refractivity contribution is -0.135. The number of esters is 1. The van der Waals surface area contributed by atoms with Gasteiger partial charge in [-0.05, 0) is 69.6 Å². The highest BCUT2D eigenvalue weighted by atomic mass is 32.2. The van der Waals surface area contributed by atoms with Crippen molar-refractivity contribution in [3.8, 4) is 0 Å². The number of nitrogens with zero attached hydrogens (tertiary/aromatic N) is 3. The van der Waals surface area contributed by atoms with Crippen LogP contribution in [0.2, 0.25) is 0 Å². The largest absolute Gasteiger partial charge is 0.462 e. The Morgan fingerprint density at radius 2 is 1.60 bits per heavy atom. The fourth-order valence-corrected chi connectivity index (χ4v) is 9.19. The molecule has 3 aliphatic rings. The molecule has 2 saturated carbocycles. The van der Waals surface area contributed by atoms with Crippen molar-refractivity contribution in [1.82, 2.24) is 25.1 Å². The average Bonchev–Trinajstić information content (AvgIpc) is 3.48. The van der Waals surface area contributed by atoms with E-state index in [1.807, 2.05) is 29.2 Å². The van der Waals surface area contributed by atoms with Crippen LogP contribution in [0.5, 0.6) is 0 Å². The number of amides is 2. The summed E-state index contributed by atoms with van der Waals surface area (Å²) in [6.45, 7) is 6.97. The van der Waals surface area contributed by atoms with Gasteiger partial charge in [0.05, 0.1) is 17.1 Å². The molecule has 2 amide bonds. The first-order chi connectivity index (χ1) is 22.9. The van der Waals surface area contributed by atoms with Crippen LogP contribution in [-0.2, 0) is 9.53 Å². The first kappa shape index (κ1) is 33.5. The smallest absolute Gasteiger partial charge is 0.340 e. The second kappa shape index (κ2) is 15.7. The number of ether oxygens (including phenoxy) is 1. The van der Waals surface area contributed by atoms with Crippen molar-refractivity contribution in [1.29, 1.82) is 0 Å². The highest BCUT2D eigenvalue weighted by Crippen LogP contribution is 2.39. The van der Waals surface area contributed by atoms with E-state index in [1.54, 1.807) is 32.2 Å². The van der Waals surface area contributed by atoms with Crippen LogP contribution in [-0.4, -0.2) is 82.4 Å². The lowest BCUT2D eigenvalue weighted by atomic mass is 9.73. The molecule has 2 aliphatic carbocycles. The van der Waals surface area contributed by atoms with Crippen molar-refractivity contribution in [2.75, 3.05) is 32.8 Å². The standard InChI is InChI=1S/C37H49N5O4S/c1-3-46-37(45)29-18-12-20-38-35(29)47-33-28-17-10-11-19-30(28)40-31(33)34(43)39-25(2)36(44)42-23-21-41(22-24-42)32(26-13-6-4-7-14-26)27-15-8-5-9-16-27/h10-12,17-20,25-27,32,40H,3-9,13-16,21-24H2,1-2H3,(H,39,43)/t25-/m1/s1. The molecule has 1 atom stereocenters. The zero-order valence-corrected chi connectivity index (χ0v) is 28.7. The SMILES string of the molecule is CCOC(=O)c1cccnc1Sc1c(C(=O)N[C@H](C)C(=O)N2CCN(C(C3CCCCC3)C3CCCCC3)CC2)[nH]c2ccccc12. The topological polar surface area (TPSA) is 108 Å². The molecule has 2 aromatic heterocycles. The Labute approximate surface area is 282 Å². The van der Waals surface area contributed by atoms with Crippen molar-refractivity contribution in [2.45, 2.75) is 100 Å². The zero-order valence-electron chi connectivity index (χ0n) is 27.8. The average molecular weight is 660 g/mol. The number of carbonyl (C=O) groups excluding carboxylic acids is 3. The number of pyridine rings is 1. The van der Waals surface area contributed by atoms with Crippen LogP contribution in [0.1, 0.15) is 98.9 Å². The number of para-hydroxylation sites is 1. The predicted octanol–water partition coefficient (Wildman–Crippen LogP) is 6.68. The van der Waals surface area contributed by atoms with Gasteiger partial charge < -0.3 is 19.9 Å². The third kappa shape index (κ3) is 7.70. The van der Waals surface area contributed by atoms with Gasteiger partial charge in [0, 0.05) is 49.3 Å². The third-order valence-electron chi connectivity index (χ3n) is 10.4. The molecule has 252 valence electrons. The number of fused-ring (bicyclic) bond motifs is 1. The summed E-state index contributed by atoms with van der Waals surface area (Å²) in [5, 5.41) is 4.26. The van der Waals surface area contributed by atoms with Crippen LogP contribution in [0.4, 0.5) is 0 Å². The zero-order chi connectivity index (χ0) is 32.8. The molecule has 3 aromatic rings. The Balaban J connectivity index is 1.13. The molecule has 3 heterocycles. The quantitative estimate of drug-likeness (QED) is 0.234. The van der Waals surface area contributed by atoms with Crippen LogP contribution in [0.25, 0.3) is 10.9 Å². The Kier molecular flexibility index (Phi) is 11.2. The number of piperazine rings is 1. The molecular formula is C37H49N5O4S. The summed E-state index contributed by atoms with van der Waals surface area (Å²) >= 11 is 1.24. The molecule has 1 aliphatic heterocycles. The van der Waals surface area contributed by atoms with Gasteiger partial charge in [-0.15, -0.1) is 0 Å². The van der Waals surface area contributed by atoms with E-state index in [0.29, 0.717) is 40.3 Å². The molecule has 0 spiro atoms. The lowest BCUT2D eigenvalue weighted by Crippen LogP contribution is -2.58. The van der Waals surface area contributed by atoms with Gasteiger partial charge in [-0.1, -0.05) is 68.5 Å². The molecule has 9 nitrogen and oxygen atoms in total. The Bertz CT molecular complexity index is 1520. The number of hydrogen-bond acceptors (Lipinski definition) is 7. The number of nitrogens with one attached hydrogen (secondary N) is 2. The first-order valence-corrected chi connectivity index (χ1v) is 18.5. The van der Waals surface area contributed by atoms with Gasteiger partial charge in [-0.25, -0.2) is 9.78 Å². The number of rotatable bonds is 10. The summed E-state index contributed by atoms with van der Waals surface area (Å²) in [5.41, 5.74) is 1.46. The van der Waals surface area contributed by atoms with E-state index in [2.05, 4.69) is 20.2 Å². The second-order valence-electron chi connectivity index (χ2n) is 13.4. The van der Waals surface area contributed by atoms with Crippen molar-refractivity contribution in [3.63, 3.8) is 0 Å². The Morgan fingerprint density at radius 1 is 0.936 bits per heavy atom. The molecule has 0 bridgehead atoms. The maximum atomic E-state index is 13.8. The summed E-state index contributed by atoms with van der Waals surface area (Å²) in [6.07, 6.45) is 15.2. The highest BCUT2D eigenvalue weighted by molar-refractivity contribution is 7.99. The molecule has 0 unspecified atom stereocenters. The summed E-state index contributed by atoms with van der Waals surface area (Å²) in [5.74, 6) is 0.693. The predicted molar refractivity (Wildman–Crippen MR) is 185 cm³/mol. The lowest BCUT2D eigenvalue weighted by Gasteiger charge is -2.47. The monoisotopic (exact) mass is 659 g/mol. The summed E-state index contributed by atoms with van der Waals surface area (Å²) in [4.78, 5) is 53.1. The number of hydrogen-bond donors (Lipinski definition) is 2. The molecule has 0 radical (unpaired) electrons. The maximum absolute atomic E-state index is 13.8. The molecule has 10 heteroatoms. The minimum atomic E-state index is -0.684. The third-order valence-corrected chi connectivity index (χ3v) is 11.5. The fourth-order valence-electron chi connectivity index (χ4n) is 8.09. The van der Waals surface area contributed by atoms with Gasteiger partial charge in [-0.3, -0.25) is 14.5 Å². The minimum Gasteiger partial charge on any atom is -0.462 e. The number of benzene rings is 1. The van der Waals surface area contributed by atoms with E-state index in [0.717, 1.165) is 35.8 Å². The van der Waals surface area contributed by atoms with Gasteiger partial charge >= 0.3 is 5.97 Å². The molecule has 6 rings (SSSR count). The van der Waals surface area contributed by atoms with E-state index in [9.17, 15) is 14.4 Å². The number of H-pyrrole nitrogens is 1. The van der Waals surface area contributed by atoms with E-state index < -0.39 is 12.0 Å². The van der Waals surface area contributed by atoms with Crippen molar-refractivity contribution in [2.24, 2.45) is 11.8 Å². The van der Waals surface area contributed by atoms with Crippen LogP contribution >= 0.6 is 11.8 Å². The van der Waals surface area contributed by atoms with Crippen molar-refractivity contribution in [3.05, 3.63) is 53.9 Å². The molecule has 2 N–H and O–H groups in total. The number of aromatic nitrogens is 2. The first-order valence-electron chi connectivity index (χ1n) is 17.7. The van der Waals surface area contributed by atoms with Crippen molar-refractivity contribution < 1.29 is 19.1 Å². The highest BCUT2D eigenvalue weighted by Gasteiger charge is 2.38. The van der Waals surface area contributed by atoms with E-state index in [-0.39, 0.29) is 18.4 Å². The van der Waals surface area contributed by atoms with Crippen LogP contribution in [0, 0.1) is 11.8 Å². The van der Waals surface area contributed by atoms with E-state index in [4.69, 9.17) is 4.74 Å². The van der Waals surface area contributed by atoms with Crippen LogP contribution in [0.15, 0.2) is 52.5 Å². The summed E-state index contributed by atoms with van der Waals surface area (Å²) in [7, 11) is 0. The molecule has 1 aromatic carbocycles.